The summed E-state index contributed by atoms with van der Waals surface area (Å²) in [5, 5.41) is 24.5. The van der Waals surface area contributed by atoms with Gasteiger partial charge in [-0.2, -0.15) is 0 Å². The first-order valence-corrected chi connectivity index (χ1v) is 10.0. The van der Waals surface area contributed by atoms with Crippen molar-refractivity contribution < 1.29 is 45.9 Å². The topological polar surface area (TPSA) is 102 Å². The highest BCUT2D eigenvalue weighted by Gasteiger charge is 2.68. The van der Waals surface area contributed by atoms with E-state index in [-0.39, 0.29) is 12.0 Å². The highest BCUT2D eigenvalue weighted by molar-refractivity contribution is 5.89. The molecule has 2 N–H and O–H groups in total. The standard InChI is InChI=1S/C22H18F6N2O5/c23-18(19(24)25)21(30(33)34)16(10-12-4-2-1-3-5-12)29-11-15(20(31)32)17(21)13-6-8-14(9-7-13)35-22(26,27)28/h1-9,11,16-19,29H,10H2,(H,31,32). The number of hydrogen-bond donors (Lipinski definition) is 2. The van der Waals surface area contributed by atoms with Crippen LogP contribution >= 0.6 is 0 Å². The third kappa shape index (κ3) is 5.17. The molecule has 0 saturated heterocycles. The molecule has 1 aliphatic heterocycles. The lowest BCUT2D eigenvalue weighted by molar-refractivity contribution is -0.592. The molecule has 2 aromatic rings. The number of carbonyl (C=O) groups is 1. The Morgan fingerprint density at radius 3 is 2.20 bits per heavy atom. The molecule has 1 heterocycles. The Morgan fingerprint density at radius 2 is 1.71 bits per heavy atom. The van der Waals surface area contributed by atoms with Crippen LogP contribution in [0.2, 0.25) is 0 Å². The van der Waals surface area contributed by atoms with Crippen molar-refractivity contribution in [3.8, 4) is 5.75 Å². The fourth-order valence-corrected chi connectivity index (χ4v) is 4.31. The van der Waals surface area contributed by atoms with Crippen molar-refractivity contribution in [3.05, 3.63) is 87.6 Å². The Balaban J connectivity index is 2.22. The summed E-state index contributed by atoms with van der Waals surface area (Å²) in [5.74, 6) is -4.59. The van der Waals surface area contributed by atoms with E-state index in [2.05, 4.69) is 10.1 Å². The Bertz CT molecular complexity index is 1090. The minimum absolute atomic E-state index is 0.329. The average Bonchev–Trinajstić information content (AvgIpc) is 2.78. The van der Waals surface area contributed by atoms with Gasteiger partial charge in [0.1, 0.15) is 11.8 Å². The molecule has 0 radical (unpaired) electrons. The summed E-state index contributed by atoms with van der Waals surface area (Å²) in [6.07, 6.45) is -11.8. The van der Waals surface area contributed by atoms with Gasteiger partial charge in [0.25, 0.3) is 12.0 Å². The van der Waals surface area contributed by atoms with Crippen molar-refractivity contribution in [2.75, 3.05) is 0 Å². The number of carboxylic acid groups (broad SMARTS) is 1. The monoisotopic (exact) mass is 504 g/mol. The first-order valence-electron chi connectivity index (χ1n) is 10.0. The van der Waals surface area contributed by atoms with E-state index < -0.39 is 58.7 Å². The number of ether oxygens (including phenoxy) is 1. The molecule has 0 fully saturated rings. The molecule has 0 bridgehead atoms. The Morgan fingerprint density at radius 1 is 1.11 bits per heavy atom. The van der Waals surface area contributed by atoms with Gasteiger partial charge in [0.2, 0.25) is 6.17 Å². The van der Waals surface area contributed by atoms with Crippen LogP contribution in [0.1, 0.15) is 17.0 Å². The summed E-state index contributed by atoms with van der Waals surface area (Å²) in [7, 11) is 0. The fourth-order valence-electron chi connectivity index (χ4n) is 4.31. The lowest BCUT2D eigenvalue weighted by Gasteiger charge is -2.43. The lowest BCUT2D eigenvalue weighted by atomic mass is 9.65. The summed E-state index contributed by atoms with van der Waals surface area (Å²) in [6, 6.07) is 9.34. The summed E-state index contributed by atoms with van der Waals surface area (Å²) < 4.78 is 84.1. The normalized spacial score (nSPS) is 23.2. The molecule has 35 heavy (non-hydrogen) atoms. The molecule has 0 aliphatic carbocycles. The molecule has 188 valence electrons. The van der Waals surface area contributed by atoms with Gasteiger partial charge in [0.15, 0.2) is 0 Å². The second-order valence-corrected chi connectivity index (χ2v) is 7.74. The van der Waals surface area contributed by atoms with E-state index in [1.807, 2.05) is 0 Å². The molecule has 0 spiro atoms. The fraction of sp³-hybridized carbons (Fsp3) is 0.318. The van der Waals surface area contributed by atoms with Crippen molar-refractivity contribution >= 4 is 5.97 Å². The first kappa shape index (κ1) is 25.8. The van der Waals surface area contributed by atoms with Gasteiger partial charge in [0.05, 0.1) is 11.5 Å². The van der Waals surface area contributed by atoms with Gasteiger partial charge in [-0.3, -0.25) is 10.1 Å². The summed E-state index contributed by atoms with van der Waals surface area (Å²) in [6.45, 7) is 0. The van der Waals surface area contributed by atoms with E-state index in [1.54, 1.807) is 18.2 Å². The van der Waals surface area contributed by atoms with E-state index in [9.17, 15) is 42.0 Å². The highest BCUT2D eigenvalue weighted by Crippen LogP contribution is 2.47. The molecular formula is C22H18F6N2O5. The van der Waals surface area contributed by atoms with Crippen LogP contribution in [0.15, 0.2) is 66.4 Å². The van der Waals surface area contributed by atoms with Gasteiger partial charge in [-0.25, -0.2) is 18.0 Å². The van der Waals surface area contributed by atoms with Crippen LogP contribution in [0.4, 0.5) is 26.3 Å². The zero-order valence-electron chi connectivity index (χ0n) is 17.6. The molecule has 13 heteroatoms. The minimum Gasteiger partial charge on any atom is -0.478 e. The number of benzene rings is 2. The lowest BCUT2D eigenvalue weighted by Crippen LogP contribution is -2.68. The second-order valence-electron chi connectivity index (χ2n) is 7.74. The zero-order valence-corrected chi connectivity index (χ0v) is 17.6. The number of aliphatic carboxylic acids is 1. The number of nitrogens with one attached hydrogen (secondary N) is 1. The van der Waals surface area contributed by atoms with Gasteiger partial charge in [0, 0.05) is 11.1 Å². The predicted octanol–water partition coefficient (Wildman–Crippen LogP) is 4.47. The van der Waals surface area contributed by atoms with Crippen molar-refractivity contribution in [3.63, 3.8) is 0 Å². The van der Waals surface area contributed by atoms with Crippen molar-refractivity contribution in [1.29, 1.82) is 0 Å². The summed E-state index contributed by atoms with van der Waals surface area (Å²) >= 11 is 0. The number of halogens is 6. The molecule has 0 aromatic heterocycles. The van der Waals surface area contributed by atoms with Crippen LogP contribution < -0.4 is 10.1 Å². The van der Waals surface area contributed by atoms with Crippen LogP contribution in [0.25, 0.3) is 0 Å². The zero-order chi connectivity index (χ0) is 26.0. The Labute approximate surface area is 194 Å². The van der Waals surface area contributed by atoms with E-state index in [4.69, 9.17) is 0 Å². The predicted molar refractivity (Wildman–Crippen MR) is 109 cm³/mol. The molecule has 7 nitrogen and oxygen atoms in total. The van der Waals surface area contributed by atoms with E-state index >= 15 is 4.39 Å². The van der Waals surface area contributed by atoms with Gasteiger partial charge in [-0.15, -0.1) is 13.2 Å². The molecule has 4 atom stereocenters. The first-order chi connectivity index (χ1) is 16.4. The number of nitro groups is 1. The maximum Gasteiger partial charge on any atom is 0.573 e. The van der Waals surface area contributed by atoms with Gasteiger partial charge < -0.3 is 15.2 Å². The molecule has 2 aromatic carbocycles. The number of nitrogens with zero attached hydrogens (tertiary/aromatic N) is 1. The van der Waals surface area contributed by atoms with Gasteiger partial charge in [-0.1, -0.05) is 42.5 Å². The largest absolute Gasteiger partial charge is 0.573 e. The van der Waals surface area contributed by atoms with Crippen LogP contribution in [0.3, 0.4) is 0 Å². The Hall–Kier alpha value is -3.77. The highest BCUT2D eigenvalue weighted by atomic mass is 19.4. The molecular weight excluding hydrogens is 486 g/mol. The van der Waals surface area contributed by atoms with Crippen LogP contribution in [0, 0.1) is 10.1 Å². The van der Waals surface area contributed by atoms with Gasteiger partial charge in [-0.05, 0) is 29.7 Å². The van der Waals surface area contributed by atoms with Gasteiger partial charge >= 0.3 is 12.3 Å². The minimum atomic E-state index is -5.06. The SMILES string of the molecule is O=C(O)C1=CNC(Cc2ccccc2)C(C(F)C(F)F)([N+](=O)[O-])C1c1ccc(OC(F)(F)F)cc1. The van der Waals surface area contributed by atoms with Crippen LogP contribution in [-0.4, -0.2) is 46.5 Å². The molecule has 1 aliphatic rings. The third-order valence-electron chi connectivity index (χ3n) is 5.73. The summed E-state index contributed by atoms with van der Waals surface area (Å²) in [5.41, 5.74) is -3.98. The van der Waals surface area contributed by atoms with Crippen LogP contribution in [-0.2, 0) is 11.2 Å². The Kier molecular flexibility index (Phi) is 7.27. The number of alkyl halides is 6. The molecule has 0 amide bonds. The van der Waals surface area contributed by atoms with E-state index in [0.29, 0.717) is 5.56 Å². The molecule has 4 unspecified atom stereocenters. The van der Waals surface area contributed by atoms with Crippen molar-refractivity contribution in [2.24, 2.45) is 0 Å². The summed E-state index contributed by atoms with van der Waals surface area (Å²) in [4.78, 5) is 23.1. The van der Waals surface area contributed by atoms with Crippen LogP contribution in [0.5, 0.6) is 5.75 Å². The maximum atomic E-state index is 15.3. The van der Waals surface area contributed by atoms with E-state index in [1.165, 1.54) is 12.1 Å². The number of hydrogen-bond acceptors (Lipinski definition) is 5. The average molecular weight is 504 g/mol. The second kappa shape index (κ2) is 9.84. The number of carboxylic acids is 1. The smallest absolute Gasteiger partial charge is 0.478 e. The maximum absolute atomic E-state index is 15.3. The third-order valence-corrected chi connectivity index (χ3v) is 5.73. The molecule has 0 saturated carbocycles. The molecule has 3 rings (SSSR count). The number of rotatable bonds is 8. The van der Waals surface area contributed by atoms with Crippen molar-refractivity contribution in [2.45, 2.75) is 42.9 Å². The van der Waals surface area contributed by atoms with E-state index in [0.717, 1.165) is 30.5 Å². The quantitative estimate of drug-likeness (QED) is 0.313. The van der Waals surface area contributed by atoms with Crippen molar-refractivity contribution in [1.82, 2.24) is 5.32 Å².